The zero-order valence-corrected chi connectivity index (χ0v) is 12.9. The van der Waals surface area contributed by atoms with Crippen LogP contribution in [0.5, 0.6) is 0 Å². The zero-order chi connectivity index (χ0) is 14.2. The molecule has 3 nitrogen and oxygen atoms in total. The monoisotopic (exact) mass is 276 g/mol. The van der Waals surface area contributed by atoms with Gasteiger partial charge in [0.2, 0.25) is 0 Å². The molecule has 1 N–H and O–H groups in total. The van der Waals surface area contributed by atoms with Gasteiger partial charge in [-0.2, -0.15) is 0 Å². The summed E-state index contributed by atoms with van der Waals surface area (Å²) in [5.74, 6) is 0. The van der Waals surface area contributed by atoms with E-state index in [0.29, 0.717) is 12.1 Å². The molecule has 1 aliphatic heterocycles. The minimum Gasteiger partial charge on any atom is -0.378 e. The molecule has 0 bridgehead atoms. The van der Waals surface area contributed by atoms with Crippen molar-refractivity contribution in [1.29, 1.82) is 0 Å². The summed E-state index contributed by atoms with van der Waals surface area (Å²) in [7, 11) is 0. The number of nitrogens with zero attached hydrogens (tertiary/aromatic N) is 1. The average Bonchev–Trinajstić information content (AvgIpc) is 2.50. The fourth-order valence-electron chi connectivity index (χ4n) is 2.78. The molecule has 0 spiro atoms. The topological polar surface area (TPSA) is 34.1 Å². The minimum absolute atomic E-state index is 0.411. The van der Waals surface area contributed by atoms with E-state index in [-0.39, 0.29) is 0 Å². The summed E-state index contributed by atoms with van der Waals surface area (Å²) >= 11 is 0. The number of hydrogen-bond donors (Lipinski definition) is 1. The lowest BCUT2D eigenvalue weighted by atomic mass is 9.98. The molecule has 2 atom stereocenters. The van der Waals surface area contributed by atoms with Crippen LogP contribution in [0.15, 0.2) is 18.3 Å². The molecule has 112 valence electrons. The highest BCUT2D eigenvalue weighted by Crippen LogP contribution is 2.23. The Hall–Kier alpha value is -0.930. The van der Waals surface area contributed by atoms with Gasteiger partial charge in [0.25, 0.3) is 0 Å². The second-order valence-electron chi connectivity index (χ2n) is 5.81. The number of ether oxygens (including phenoxy) is 1. The van der Waals surface area contributed by atoms with E-state index in [1.165, 1.54) is 24.8 Å². The molecule has 0 aliphatic carbocycles. The van der Waals surface area contributed by atoms with Gasteiger partial charge < -0.3 is 10.1 Å². The molecule has 0 saturated carbocycles. The molecule has 3 heteroatoms. The van der Waals surface area contributed by atoms with E-state index in [1.807, 2.05) is 13.1 Å². The fourth-order valence-corrected chi connectivity index (χ4v) is 2.78. The number of rotatable bonds is 7. The summed E-state index contributed by atoms with van der Waals surface area (Å²) in [4.78, 5) is 4.43. The van der Waals surface area contributed by atoms with E-state index >= 15 is 0 Å². The maximum atomic E-state index is 5.84. The van der Waals surface area contributed by atoms with Crippen LogP contribution < -0.4 is 5.32 Å². The Morgan fingerprint density at radius 2 is 2.30 bits per heavy atom. The zero-order valence-electron chi connectivity index (χ0n) is 12.9. The van der Waals surface area contributed by atoms with Gasteiger partial charge in [-0.3, -0.25) is 4.98 Å². The Balaban J connectivity index is 1.90. The summed E-state index contributed by atoms with van der Waals surface area (Å²) in [5, 5.41) is 3.65. The van der Waals surface area contributed by atoms with Crippen molar-refractivity contribution >= 4 is 0 Å². The minimum atomic E-state index is 0.411. The van der Waals surface area contributed by atoms with Gasteiger partial charge in [0.15, 0.2) is 0 Å². The van der Waals surface area contributed by atoms with Crippen LogP contribution in [0.4, 0.5) is 0 Å². The molecule has 2 heterocycles. The van der Waals surface area contributed by atoms with Crippen LogP contribution in [-0.4, -0.2) is 24.2 Å². The third kappa shape index (κ3) is 4.88. The van der Waals surface area contributed by atoms with E-state index < -0.39 is 0 Å². The number of nitrogens with one attached hydrogen (secondary N) is 1. The predicted octanol–water partition coefficient (Wildman–Crippen LogP) is 3.78. The molecular formula is C17H28N2O. The first-order valence-corrected chi connectivity index (χ1v) is 8.07. The van der Waals surface area contributed by atoms with Gasteiger partial charge >= 0.3 is 0 Å². The van der Waals surface area contributed by atoms with Gasteiger partial charge in [-0.05, 0) is 63.6 Å². The van der Waals surface area contributed by atoms with Crippen LogP contribution in [0.25, 0.3) is 0 Å². The van der Waals surface area contributed by atoms with Gasteiger partial charge in [0, 0.05) is 24.5 Å². The predicted molar refractivity (Wildman–Crippen MR) is 82.8 cm³/mol. The number of aromatic nitrogens is 1. The molecule has 1 aliphatic rings. The van der Waals surface area contributed by atoms with Gasteiger partial charge in [0.1, 0.15) is 0 Å². The normalized spacial score (nSPS) is 20.8. The average molecular weight is 276 g/mol. The van der Waals surface area contributed by atoms with E-state index in [4.69, 9.17) is 4.74 Å². The van der Waals surface area contributed by atoms with E-state index in [0.717, 1.165) is 38.1 Å². The molecule has 0 radical (unpaired) electrons. The van der Waals surface area contributed by atoms with Crippen LogP contribution >= 0.6 is 0 Å². The number of hydrogen-bond acceptors (Lipinski definition) is 3. The van der Waals surface area contributed by atoms with Crippen LogP contribution in [0.3, 0.4) is 0 Å². The smallest absolute Gasteiger partial charge is 0.0575 e. The van der Waals surface area contributed by atoms with Crippen LogP contribution in [0.2, 0.25) is 0 Å². The molecule has 0 amide bonds. The lowest BCUT2D eigenvalue weighted by molar-refractivity contribution is 0.00854. The molecule has 20 heavy (non-hydrogen) atoms. The third-order valence-electron chi connectivity index (χ3n) is 4.03. The molecule has 1 aromatic heterocycles. The Morgan fingerprint density at radius 3 is 2.95 bits per heavy atom. The van der Waals surface area contributed by atoms with Crippen molar-refractivity contribution < 1.29 is 4.74 Å². The van der Waals surface area contributed by atoms with Gasteiger partial charge in [0.05, 0.1) is 6.10 Å². The van der Waals surface area contributed by atoms with Crippen LogP contribution in [0, 0.1) is 6.92 Å². The summed E-state index contributed by atoms with van der Waals surface area (Å²) in [6, 6.07) is 4.72. The van der Waals surface area contributed by atoms with Crippen molar-refractivity contribution in [2.75, 3.05) is 13.2 Å². The lowest BCUT2D eigenvalue weighted by Crippen LogP contribution is -2.25. The molecule has 1 aromatic rings. The van der Waals surface area contributed by atoms with Crippen molar-refractivity contribution in [1.82, 2.24) is 10.3 Å². The Labute approximate surface area is 123 Å². The highest BCUT2D eigenvalue weighted by Gasteiger charge is 2.17. The highest BCUT2D eigenvalue weighted by molar-refractivity contribution is 5.17. The van der Waals surface area contributed by atoms with E-state index in [2.05, 4.69) is 29.4 Å². The van der Waals surface area contributed by atoms with Crippen molar-refractivity contribution in [2.24, 2.45) is 0 Å². The van der Waals surface area contributed by atoms with Gasteiger partial charge in [-0.15, -0.1) is 0 Å². The lowest BCUT2D eigenvalue weighted by Gasteiger charge is -2.25. The first kappa shape index (κ1) is 15.5. The van der Waals surface area contributed by atoms with Crippen molar-refractivity contribution in [3.63, 3.8) is 0 Å². The fraction of sp³-hybridized carbons (Fsp3) is 0.706. The van der Waals surface area contributed by atoms with Crippen LogP contribution in [-0.2, 0) is 4.74 Å². The summed E-state index contributed by atoms with van der Waals surface area (Å²) in [6.07, 6.45) is 9.71. The van der Waals surface area contributed by atoms with Crippen molar-refractivity contribution in [3.05, 3.63) is 29.6 Å². The second kappa shape index (κ2) is 8.38. The molecule has 0 aromatic carbocycles. The number of pyridine rings is 1. The van der Waals surface area contributed by atoms with Gasteiger partial charge in [-0.1, -0.05) is 13.0 Å². The Morgan fingerprint density at radius 1 is 1.40 bits per heavy atom. The third-order valence-corrected chi connectivity index (χ3v) is 4.03. The van der Waals surface area contributed by atoms with Crippen LogP contribution in [0.1, 0.15) is 62.7 Å². The summed E-state index contributed by atoms with van der Waals surface area (Å²) in [6.45, 7) is 6.25. The largest absolute Gasteiger partial charge is 0.378 e. The first-order valence-electron chi connectivity index (χ1n) is 8.07. The number of aryl methyl sites for hydroxylation is 1. The van der Waals surface area contributed by atoms with Crippen molar-refractivity contribution in [2.45, 2.75) is 64.5 Å². The highest BCUT2D eigenvalue weighted by atomic mass is 16.5. The van der Waals surface area contributed by atoms with Crippen molar-refractivity contribution in [3.8, 4) is 0 Å². The summed E-state index contributed by atoms with van der Waals surface area (Å²) in [5.41, 5.74) is 2.39. The maximum Gasteiger partial charge on any atom is 0.0575 e. The van der Waals surface area contributed by atoms with E-state index in [9.17, 15) is 0 Å². The SMILES string of the molecule is CCCNC(CCC1CCCCO1)c1ccc(C)nc1. The second-order valence-corrected chi connectivity index (χ2v) is 5.81. The molecule has 2 unspecified atom stereocenters. The maximum absolute atomic E-state index is 5.84. The molecule has 1 fully saturated rings. The molecule has 1 saturated heterocycles. The van der Waals surface area contributed by atoms with Gasteiger partial charge in [-0.25, -0.2) is 0 Å². The molecular weight excluding hydrogens is 248 g/mol. The Bertz CT molecular complexity index is 371. The Kier molecular flexibility index (Phi) is 6.48. The standard InChI is InChI=1S/C17H28N2O/c1-3-11-18-17(15-8-7-14(2)19-13-15)10-9-16-6-4-5-12-20-16/h7-8,13,16-18H,3-6,9-12H2,1-2H3. The summed E-state index contributed by atoms with van der Waals surface area (Å²) < 4.78 is 5.84. The molecule has 2 rings (SSSR count). The van der Waals surface area contributed by atoms with E-state index in [1.54, 1.807) is 0 Å². The quantitative estimate of drug-likeness (QED) is 0.823. The first-order chi connectivity index (χ1) is 9.79.